The molecule has 1 aliphatic rings. The number of aliphatic hydroxyl groups is 1. The Morgan fingerprint density at radius 1 is 0.730 bits per heavy atom. The molecular weight excluding hydrogens is 1000 g/mol. The van der Waals surface area contributed by atoms with Crippen molar-refractivity contribution in [3.8, 4) is 0 Å². The average molecular weight is 1080 g/mol. The molecule has 1 aromatic heterocycles. The Morgan fingerprint density at radius 2 is 1.28 bits per heavy atom. The summed E-state index contributed by atoms with van der Waals surface area (Å²) in [6.07, 6.45) is 7.68. The second-order valence-electron chi connectivity index (χ2n) is 16.9. The molecule has 2 aromatic rings. The summed E-state index contributed by atoms with van der Waals surface area (Å²) in [4.78, 5) is 144. The summed E-state index contributed by atoms with van der Waals surface area (Å²) in [5.74, 6) is -6.83. The van der Waals surface area contributed by atoms with Crippen LogP contribution in [0.2, 0.25) is 0 Å². The van der Waals surface area contributed by atoms with Crippen LogP contribution in [0.5, 0.6) is 0 Å². The van der Waals surface area contributed by atoms with Crippen LogP contribution in [0.4, 0.5) is 0 Å². The van der Waals surface area contributed by atoms with Gasteiger partial charge in [-0.15, -0.1) is 0 Å². The fraction of sp³-hybridized carbons (Fsp3) is 0.556. The normalized spacial score (nSPS) is 15.4. The van der Waals surface area contributed by atoms with Crippen LogP contribution in [-0.2, 0) is 60.8 Å². The lowest BCUT2D eigenvalue weighted by Gasteiger charge is -2.26. The first-order valence-corrected chi connectivity index (χ1v) is 26.5. The van der Waals surface area contributed by atoms with Crippen LogP contribution in [0.3, 0.4) is 0 Å². The third-order valence-corrected chi connectivity index (χ3v) is 12.7. The fourth-order valence-electron chi connectivity index (χ4n) is 7.49. The van der Waals surface area contributed by atoms with E-state index in [2.05, 4.69) is 57.5 Å². The van der Waals surface area contributed by atoms with Gasteiger partial charge in [0.1, 0.15) is 42.3 Å². The van der Waals surface area contributed by atoms with Crippen molar-refractivity contribution in [2.45, 2.75) is 93.7 Å². The van der Waals surface area contributed by atoms with Gasteiger partial charge < -0.3 is 80.5 Å². The predicted molar refractivity (Wildman–Crippen MR) is 276 cm³/mol. The highest BCUT2D eigenvalue weighted by Crippen LogP contribution is 2.18. The molecule has 18 N–H and O–H groups in total. The minimum atomic E-state index is -1.48. The standard InChI is InChI=1S/C45H70N16O11S2/c1-73-16-12-29(58-43(71)33(24-62)60-44(72)34-11-7-15-61(34)37(65)20-46)39(67)52-23-36(64)56-31(18-26-8-4-3-5-9-26)42(70)59-32(19-27-21-50-25-54-27)40(68)53-22-35(63)55-30(13-17-74-2)41(69)57-28(38(47)66)10-6-14-51-45(48)49/h3-5,8-9,21,25,28-34,62H,6-7,10-20,22-24,46H2,1-2H3,(H2,47,66)(H,50,54)(H,52,67)(H,53,68)(H,55,63)(H,56,64)(H,57,69)(H,58,71)(H,59,70)(H,60,72)(H4,48,49,51)/t28-,29-,30-,31-,32-,33-,34-/m0/s1. The van der Waals surface area contributed by atoms with Crippen LogP contribution < -0.4 is 65.5 Å². The molecule has 1 saturated heterocycles. The van der Waals surface area contributed by atoms with Gasteiger partial charge in [0.15, 0.2) is 5.96 Å². The number of nitrogens with two attached hydrogens (primary N) is 4. The minimum Gasteiger partial charge on any atom is -0.394 e. The Hall–Kier alpha value is -6.98. The number of benzene rings is 1. The van der Waals surface area contributed by atoms with Gasteiger partial charge in [0.2, 0.25) is 59.1 Å². The molecule has 0 saturated carbocycles. The first-order chi connectivity index (χ1) is 35.4. The van der Waals surface area contributed by atoms with E-state index >= 15 is 0 Å². The zero-order valence-electron chi connectivity index (χ0n) is 41.4. The number of thioether (sulfide) groups is 2. The number of carbonyl (C=O) groups excluding carboxylic acids is 10. The number of aliphatic imine (C=N–C) groups is 1. The van der Waals surface area contributed by atoms with Gasteiger partial charge in [-0.3, -0.25) is 52.9 Å². The topological polar surface area (TPSA) is 436 Å². The number of carbonyl (C=O) groups is 10. The van der Waals surface area contributed by atoms with Crippen molar-refractivity contribution in [3.05, 3.63) is 54.1 Å². The monoisotopic (exact) mass is 1070 g/mol. The number of nitrogens with one attached hydrogen (secondary N) is 9. The van der Waals surface area contributed by atoms with Crippen molar-refractivity contribution in [1.82, 2.24) is 57.4 Å². The number of nitrogens with zero attached hydrogens (tertiary/aromatic N) is 3. The molecule has 74 heavy (non-hydrogen) atoms. The summed E-state index contributed by atoms with van der Waals surface area (Å²) in [6, 6.07) is 0.114. The first-order valence-electron chi connectivity index (χ1n) is 23.7. The van der Waals surface area contributed by atoms with Crippen LogP contribution in [0, 0.1) is 0 Å². The van der Waals surface area contributed by atoms with Crippen molar-refractivity contribution in [1.29, 1.82) is 0 Å². The number of imidazole rings is 1. The molecule has 10 amide bonds. The van der Waals surface area contributed by atoms with Crippen molar-refractivity contribution < 1.29 is 53.1 Å². The molecule has 1 fully saturated rings. The summed E-state index contributed by atoms with van der Waals surface area (Å²) in [6.45, 7) is -1.95. The lowest BCUT2D eigenvalue weighted by atomic mass is 10.0. The van der Waals surface area contributed by atoms with Gasteiger partial charge in [-0.2, -0.15) is 23.5 Å². The maximum atomic E-state index is 14.1. The second kappa shape index (κ2) is 33.0. The van der Waals surface area contributed by atoms with Gasteiger partial charge in [-0.1, -0.05) is 30.3 Å². The van der Waals surface area contributed by atoms with E-state index in [4.69, 9.17) is 22.9 Å². The predicted octanol–water partition coefficient (Wildman–Crippen LogP) is -5.68. The zero-order chi connectivity index (χ0) is 54.6. The number of aromatic nitrogens is 2. The Labute approximate surface area is 436 Å². The largest absolute Gasteiger partial charge is 0.394 e. The van der Waals surface area contributed by atoms with Gasteiger partial charge in [0.25, 0.3) is 0 Å². The van der Waals surface area contributed by atoms with E-state index in [1.165, 1.54) is 40.9 Å². The summed E-state index contributed by atoms with van der Waals surface area (Å²) in [5.41, 5.74) is 22.7. The van der Waals surface area contributed by atoms with E-state index in [0.29, 0.717) is 48.6 Å². The summed E-state index contributed by atoms with van der Waals surface area (Å²) in [5, 5.41) is 30.3. The molecule has 2 heterocycles. The van der Waals surface area contributed by atoms with Gasteiger partial charge >= 0.3 is 0 Å². The van der Waals surface area contributed by atoms with E-state index in [1.54, 1.807) is 42.8 Å². The molecule has 0 aliphatic carbocycles. The van der Waals surface area contributed by atoms with Gasteiger partial charge in [0, 0.05) is 37.8 Å². The molecule has 29 heteroatoms. The van der Waals surface area contributed by atoms with Crippen LogP contribution in [-0.4, -0.2) is 191 Å². The number of hydrogen-bond acceptors (Lipinski definition) is 16. The van der Waals surface area contributed by atoms with E-state index in [1.807, 2.05) is 0 Å². The fourth-order valence-corrected chi connectivity index (χ4v) is 8.43. The molecule has 0 radical (unpaired) electrons. The minimum absolute atomic E-state index is 0.0702. The van der Waals surface area contributed by atoms with Crippen LogP contribution in [0.1, 0.15) is 49.8 Å². The molecule has 0 unspecified atom stereocenters. The molecule has 1 aromatic carbocycles. The molecule has 1 aliphatic heterocycles. The Morgan fingerprint density at radius 3 is 1.85 bits per heavy atom. The number of aromatic amines is 1. The van der Waals surface area contributed by atoms with Crippen molar-refractivity contribution in [3.63, 3.8) is 0 Å². The smallest absolute Gasteiger partial charge is 0.245 e. The Balaban J connectivity index is 1.71. The van der Waals surface area contributed by atoms with Crippen molar-refractivity contribution in [2.24, 2.45) is 27.9 Å². The molecule has 408 valence electrons. The number of H-pyrrole nitrogens is 1. The van der Waals surface area contributed by atoms with Gasteiger partial charge in [-0.25, -0.2) is 4.98 Å². The maximum Gasteiger partial charge on any atom is 0.245 e. The van der Waals surface area contributed by atoms with Gasteiger partial charge in [-0.05, 0) is 68.1 Å². The number of likely N-dealkylation sites (tertiary alicyclic amines) is 1. The van der Waals surface area contributed by atoms with Crippen LogP contribution in [0.25, 0.3) is 0 Å². The third kappa shape index (κ3) is 21.6. The van der Waals surface area contributed by atoms with E-state index < -0.39 is 121 Å². The molecular formula is C45H70N16O11S2. The maximum absolute atomic E-state index is 14.1. The number of rotatable bonds is 33. The lowest BCUT2D eigenvalue weighted by molar-refractivity contribution is -0.139. The highest BCUT2D eigenvalue weighted by atomic mass is 32.2. The second-order valence-corrected chi connectivity index (χ2v) is 18.9. The number of amides is 10. The Kier molecular flexibility index (Phi) is 27.3. The van der Waals surface area contributed by atoms with E-state index in [9.17, 15) is 53.1 Å². The summed E-state index contributed by atoms with van der Waals surface area (Å²) >= 11 is 2.77. The van der Waals surface area contributed by atoms with Crippen molar-refractivity contribution in [2.75, 3.05) is 63.3 Å². The lowest BCUT2D eigenvalue weighted by Crippen LogP contribution is -2.58. The summed E-state index contributed by atoms with van der Waals surface area (Å²) in [7, 11) is 0. The van der Waals surface area contributed by atoms with Gasteiger partial charge in [0.05, 0.1) is 32.6 Å². The molecule has 0 spiro atoms. The molecule has 3 rings (SSSR count). The van der Waals surface area contributed by atoms with E-state index in [0.717, 1.165) is 0 Å². The average Bonchev–Trinajstić information content (AvgIpc) is 4.10. The number of hydrogen-bond donors (Lipinski definition) is 14. The van der Waals surface area contributed by atoms with Crippen LogP contribution in [0.15, 0.2) is 47.8 Å². The zero-order valence-corrected chi connectivity index (χ0v) is 43.0. The molecule has 27 nitrogen and oxygen atoms in total. The van der Waals surface area contributed by atoms with E-state index in [-0.39, 0.29) is 51.2 Å². The third-order valence-electron chi connectivity index (χ3n) is 11.4. The number of aliphatic hydroxyl groups excluding tert-OH is 1. The first kappa shape index (κ1) is 61.3. The number of primary amides is 1. The summed E-state index contributed by atoms with van der Waals surface area (Å²) < 4.78 is 0. The SMILES string of the molecule is CSCC[C@H](NC(=O)CNC(=O)[C@H](Cc1cnc[nH]1)NC(=O)[C@H](Cc1ccccc1)NC(=O)CNC(=O)[C@H](CCSC)NC(=O)[C@H](CO)NC(=O)[C@@H]1CCCN1C(=O)CN)C(=O)N[C@@H](CCCN=C(N)N)C(N)=O. The highest BCUT2D eigenvalue weighted by molar-refractivity contribution is 7.98. The number of guanidine groups is 1. The Bertz CT molecular complexity index is 2220. The van der Waals surface area contributed by atoms with Crippen molar-refractivity contribution >= 4 is 88.6 Å². The molecule has 7 atom stereocenters. The molecule has 0 bridgehead atoms. The van der Waals surface area contributed by atoms with Crippen LogP contribution >= 0.6 is 23.5 Å². The highest BCUT2D eigenvalue weighted by Gasteiger charge is 2.36. The quantitative estimate of drug-likeness (QED) is 0.0180.